The molecule has 18 heavy (non-hydrogen) atoms. The molecular weight excluding hydrogens is 226 g/mol. The van der Waals surface area contributed by atoms with Crippen molar-refractivity contribution in [2.75, 3.05) is 20.2 Å². The molecule has 0 atom stereocenters. The van der Waals surface area contributed by atoms with Gasteiger partial charge in [0.2, 0.25) is 0 Å². The fraction of sp³-hybridized carbons (Fsp3) is 0.533. The van der Waals surface area contributed by atoms with Gasteiger partial charge in [-0.05, 0) is 37.5 Å². The number of hydrogen-bond acceptors (Lipinski definition) is 2. The van der Waals surface area contributed by atoms with Crippen LogP contribution in [0.5, 0.6) is 5.75 Å². The van der Waals surface area contributed by atoms with Crippen molar-refractivity contribution in [2.24, 2.45) is 0 Å². The number of carbonyl (C=O) groups excluding carboxylic acids is 1. The summed E-state index contributed by atoms with van der Waals surface area (Å²) in [7, 11) is 1.64. The first-order valence-corrected chi connectivity index (χ1v) is 6.66. The maximum absolute atomic E-state index is 12.4. The molecule has 1 amide bonds. The molecular formula is C15H21NO2. The molecule has 1 fully saturated rings. The zero-order valence-electron chi connectivity index (χ0n) is 11.2. The van der Waals surface area contributed by atoms with E-state index in [0.717, 1.165) is 42.8 Å². The van der Waals surface area contributed by atoms with Crippen molar-refractivity contribution in [1.82, 2.24) is 4.90 Å². The van der Waals surface area contributed by atoms with Crippen molar-refractivity contribution >= 4 is 5.91 Å². The Morgan fingerprint density at radius 1 is 1.17 bits per heavy atom. The predicted octanol–water partition coefficient (Wildman–Crippen LogP) is 3.02. The highest BCUT2D eigenvalue weighted by atomic mass is 16.5. The molecule has 1 aliphatic rings. The minimum Gasteiger partial charge on any atom is -0.496 e. The van der Waals surface area contributed by atoms with Gasteiger partial charge in [0.05, 0.1) is 7.11 Å². The molecule has 1 heterocycles. The van der Waals surface area contributed by atoms with Crippen molar-refractivity contribution in [3.05, 3.63) is 29.3 Å². The third-order valence-electron chi connectivity index (χ3n) is 3.55. The van der Waals surface area contributed by atoms with Gasteiger partial charge < -0.3 is 9.64 Å². The van der Waals surface area contributed by atoms with Crippen LogP contribution in [0, 0.1) is 6.92 Å². The number of ether oxygens (including phenoxy) is 1. The van der Waals surface area contributed by atoms with Crippen molar-refractivity contribution in [2.45, 2.75) is 32.6 Å². The van der Waals surface area contributed by atoms with Gasteiger partial charge in [0.15, 0.2) is 0 Å². The van der Waals surface area contributed by atoms with Gasteiger partial charge in [-0.15, -0.1) is 0 Å². The second kappa shape index (κ2) is 5.89. The van der Waals surface area contributed by atoms with Gasteiger partial charge in [-0.2, -0.15) is 0 Å². The maximum Gasteiger partial charge on any atom is 0.253 e. The second-order valence-corrected chi connectivity index (χ2v) is 4.89. The number of aryl methyl sites for hydroxylation is 1. The van der Waals surface area contributed by atoms with Crippen LogP contribution in [0.1, 0.15) is 41.6 Å². The molecule has 1 saturated heterocycles. The Balaban J connectivity index is 2.16. The van der Waals surface area contributed by atoms with Crippen LogP contribution in [0.15, 0.2) is 18.2 Å². The number of methoxy groups -OCH3 is 1. The molecule has 0 aromatic heterocycles. The minimum atomic E-state index is 0.134. The van der Waals surface area contributed by atoms with Gasteiger partial charge >= 0.3 is 0 Å². The Morgan fingerprint density at radius 3 is 2.44 bits per heavy atom. The van der Waals surface area contributed by atoms with Crippen LogP contribution in [0.2, 0.25) is 0 Å². The average Bonchev–Trinajstić information content (AvgIpc) is 2.67. The maximum atomic E-state index is 12.4. The summed E-state index contributed by atoms with van der Waals surface area (Å²) in [5.41, 5.74) is 1.80. The lowest BCUT2D eigenvalue weighted by molar-refractivity contribution is 0.0761. The highest BCUT2D eigenvalue weighted by Crippen LogP contribution is 2.21. The molecule has 0 saturated carbocycles. The molecule has 2 rings (SSSR count). The van der Waals surface area contributed by atoms with Crippen LogP contribution in [0.4, 0.5) is 0 Å². The quantitative estimate of drug-likeness (QED) is 0.804. The molecule has 0 N–H and O–H groups in total. The largest absolute Gasteiger partial charge is 0.496 e. The number of likely N-dealkylation sites (tertiary alicyclic amines) is 1. The van der Waals surface area contributed by atoms with Gasteiger partial charge in [-0.3, -0.25) is 4.79 Å². The smallest absolute Gasteiger partial charge is 0.253 e. The summed E-state index contributed by atoms with van der Waals surface area (Å²) in [5, 5.41) is 0. The van der Waals surface area contributed by atoms with Crippen molar-refractivity contribution in [3.8, 4) is 5.75 Å². The Hall–Kier alpha value is -1.51. The lowest BCUT2D eigenvalue weighted by atomic mass is 10.1. The molecule has 1 aromatic rings. The number of hydrogen-bond donors (Lipinski definition) is 0. The average molecular weight is 247 g/mol. The zero-order chi connectivity index (χ0) is 13.0. The summed E-state index contributed by atoms with van der Waals surface area (Å²) in [6.07, 6.45) is 4.71. The van der Waals surface area contributed by atoms with Crippen LogP contribution in [0.25, 0.3) is 0 Å². The van der Waals surface area contributed by atoms with Gasteiger partial charge in [0, 0.05) is 18.7 Å². The highest BCUT2D eigenvalue weighted by Gasteiger charge is 2.17. The Kier molecular flexibility index (Phi) is 4.24. The topological polar surface area (TPSA) is 29.5 Å². The van der Waals surface area contributed by atoms with Crippen LogP contribution >= 0.6 is 0 Å². The zero-order valence-corrected chi connectivity index (χ0v) is 11.2. The number of rotatable bonds is 2. The van der Waals surface area contributed by atoms with E-state index in [1.807, 2.05) is 30.0 Å². The molecule has 1 aliphatic heterocycles. The fourth-order valence-corrected chi connectivity index (χ4v) is 2.41. The van der Waals surface area contributed by atoms with Crippen LogP contribution in [0.3, 0.4) is 0 Å². The molecule has 0 aliphatic carbocycles. The number of carbonyl (C=O) groups is 1. The lowest BCUT2D eigenvalue weighted by Gasteiger charge is -2.20. The second-order valence-electron chi connectivity index (χ2n) is 4.89. The van der Waals surface area contributed by atoms with E-state index in [1.54, 1.807) is 7.11 Å². The Bertz CT molecular complexity index is 421. The fourth-order valence-electron chi connectivity index (χ4n) is 2.41. The van der Waals surface area contributed by atoms with E-state index in [4.69, 9.17) is 4.74 Å². The van der Waals surface area contributed by atoms with Crippen molar-refractivity contribution in [3.63, 3.8) is 0 Å². The minimum absolute atomic E-state index is 0.134. The third kappa shape index (κ3) is 2.84. The number of amides is 1. The summed E-state index contributed by atoms with van der Waals surface area (Å²) in [6.45, 7) is 3.75. The standard InChI is InChI=1S/C15H21NO2/c1-12-7-8-13(11-14(12)18-2)15(17)16-9-5-3-4-6-10-16/h7-8,11H,3-6,9-10H2,1-2H3. The van der Waals surface area contributed by atoms with Crippen LogP contribution < -0.4 is 4.74 Å². The summed E-state index contributed by atoms with van der Waals surface area (Å²) in [4.78, 5) is 14.4. The Morgan fingerprint density at radius 2 is 1.83 bits per heavy atom. The van der Waals surface area contributed by atoms with E-state index >= 15 is 0 Å². The van der Waals surface area contributed by atoms with Crippen molar-refractivity contribution in [1.29, 1.82) is 0 Å². The molecule has 0 unspecified atom stereocenters. The van der Waals surface area contributed by atoms with E-state index in [2.05, 4.69) is 0 Å². The molecule has 0 bridgehead atoms. The SMILES string of the molecule is COc1cc(C(=O)N2CCCCCC2)ccc1C. The van der Waals surface area contributed by atoms with E-state index in [1.165, 1.54) is 12.8 Å². The molecule has 3 nitrogen and oxygen atoms in total. The van der Waals surface area contributed by atoms with Gasteiger partial charge in [-0.25, -0.2) is 0 Å². The van der Waals surface area contributed by atoms with E-state index in [-0.39, 0.29) is 5.91 Å². The summed E-state index contributed by atoms with van der Waals surface area (Å²) in [6, 6.07) is 5.69. The van der Waals surface area contributed by atoms with E-state index in [0.29, 0.717) is 0 Å². The molecule has 0 spiro atoms. The molecule has 98 valence electrons. The number of nitrogens with zero attached hydrogens (tertiary/aromatic N) is 1. The van der Waals surface area contributed by atoms with Gasteiger partial charge in [0.1, 0.15) is 5.75 Å². The van der Waals surface area contributed by atoms with E-state index < -0.39 is 0 Å². The first-order chi connectivity index (χ1) is 8.72. The third-order valence-corrected chi connectivity index (χ3v) is 3.55. The summed E-state index contributed by atoms with van der Waals surface area (Å²) in [5.74, 6) is 0.922. The summed E-state index contributed by atoms with van der Waals surface area (Å²) >= 11 is 0. The molecule has 3 heteroatoms. The number of benzene rings is 1. The monoisotopic (exact) mass is 247 g/mol. The van der Waals surface area contributed by atoms with Gasteiger partial charge in [-0.1, -0.05) is 18.9 Å². The molecule has 0 radical (unpaired) electrons. The van der Waals surface area contributed by atoms with E-state index in [9.17, 15) is 4.79 Å². The predicted molar refractivity (Wildman–Crippen MR) is 72.1 cm³/mol. The highest BCUT2D eigenvalue weighted by molar-refractivity contribution is 5.94. The lowest BCUT2D eigenvalue weighted by Crippen LogP contribution is -2.31. The Labute approximate surface area is 109 Å². The normalized spacial score (nSPS) is 16.2. The van der Waals surface area contributed by atoms with Crippen LogP contribution in [-0.2, 0) is 0 Å². The van der Waals surface area contributed by atoms with Crippen molar-refractivity contribution < 1.29 is 9.53 Å². The first kappa shape index (κ1) is 12.9. The summed E-state index contributed by atoms with van der Waals surface area (Å²) < 4.78 is 5.28. The van der Waals surface area contributed by atoms with Gasteiger partial charge in [0.25, 0.3) is 5.91 Å². The van der Waals surface area contributed by atoms with Crippen LogP contribution in [-0.4, -0.2) is 31.0 Å². The molecule has 1 aromatic carbocycles. The first-order valence-electron chi connectivity index (χ1n) is 6.66.